The van der Waals surface area contributed by atoms with Gasteiger partial charge in [0.1, 0.15) is 5.75 Å². The third-order valence-corrected chi connectivity index (χ3v) is 5.96. The minimum Gasteiger partial charge on any atom is -0.484 e. The molecule has 2 heterocycles. The van der Waals surface area contributed by atoms with Crippen LogP contribution < -0.4 is 4.74 Å². The SMILES string of the molecule is CCN1CC2(CCN(C(=O)COc3ccc(Cl)c(Cl)c3)CC2)CC1=O. The van der Waals surface area contributed by atoms with Crippen molar-refractivity contribution in [2.24, 2.45) is 5.41 Å². The molecule has 0 atom stereocenters. The third kappa shape index (κ3) is 4.04. The van der Waals surface area contributed by atoms with Crippen LogP contribution >= 0.6 is 23.2 Å². The molecular weight excluding hydrogens is 363 g/mol. The Hall–Kier alpha value is -1.46. The predicted octanol–water partition coefficient (Wildman–Crippen LogP) is 3.23. The molecule has 0 saturated carbocycles. The summed E-state index contributed by atoms with van der Waals surface area (Å²) in [6.07, 6.45) is 2.35. The van der Waals surface area contributed by atoms with Gasteiger partial charge in [-0.3, -0.25) is 9.59 Å². The molecule has 1 aromatic rings. The number of carbonyl (C=O) groups excluding carboxylic acids is 2. The number of hydrogen-bond donors (Lipinski definition) is 0. The van der Waals surface area contributed by atoms with Crippen molar-refractivity contribution in [3.63, 3.8) is 0 Å². The first-order chi connectivity index (χ1) is 11.9. The average molecular weight is 385 g/mol. The lowest BCUT2D eigenvalue weighted by molar-refractivity contribution is -0.135. The Kier molecular flexibility index (Phi) is 5.44. The molecule has 5 nitrogen and oxygen atoms in total. The molecule has 0 unspecified atom stereocenters. The fourth-order valence-electron chi connectivity index (χ4n) is 3.64. The lowest BCUT2D eigenvalue weighted by atomic mass is 9.77. The van der Waals surface area contributed by atoms with E-state index >= 15 is 0 Å². The number of halogens is 2. The van der Waals surface area contributed by atoms with Crippen LogP contribution in [0.25, 0.3) is 0 Å². The maximum Gasteiger partial charge on any atom is 0.260 e. The zero-order valence-corrected chi connectivity index (χ0v) is 15.8. The van der Waals surface area contributed by atoms with Crippen molar-refractivity contribution in [3.8, 4) is 5.75 Å². The monoisotopic (exact) mass is 384 g/mol. The Morgan fingerprint density at radius 1 is 1.24 bits per heavy atom. The van der Waals surface area contributed by atoms with E-state index < -0.39 is 0 Å². The number of ether oxygens (including phenoxy) is 1. The molecule has 2 saturated heterocycles. The molecule has 1 aromatic carbocycles. The van der Waals surface area contributed by atoms with E-state index in [1.807, 2.05) is 16.7 Å². The van der Waals surface area contributed by atoms with Gasteiger partial charge < -0.3 is 14.5 Å². The number of rotatable bonds is 4. The quantitative estimate of drug-likeness (QED) is 0.800. The highest BCUT2D eigenvalue weighted by Crippen LogP contribution is 2.40. The van der Waals surface area contributed by atoms with Crippen molar-refractivity contribution in [3.05, 3.63) is 28.2 Å². The minimum absolute atomic E-state index is 0.0228. The normalized spacial score (nSPS) is 19.6. The predicted molar refractivity (Wildman–Crippen MR) is 97.1 cm³/mol. The zero-order valence-electron chi connectivity index (χ0n) is 14.3. The van der Waals surface area contributed by atoms with Crippen LogP contribution in [0.4, 0.5) is 0 Å². The Morgan fingerprint density at radius 2 is 1.96 bits per heavy atom. The number of nitrogens with zero attached hydrogens (tertiary/aromatic N) is 2. The van der Waals surface area contributed by atoms with Gasteiger partial charge in [-0.25, -0.2) is 0 Å². The van der Waals surface area contributed by atoms with Gasteiger partial charge in [0.2, 0.25) is 5.91 Å². The van der Waals surface area contributed by atoms with Gasteiger partial charge in [-0.2, -0.15) is 0 Å². The van der Waals surface area contributed by atoms with E-state index in [1.54, 1.807) is 18.2 Å². The number of benzene rings is 1. The fraction of sp³-hybridized carbons (Fsp3) is 0.556. The van der Waals surface area contributed by atoms with Gasteiger partial charge in [0, 0.05) is 44.1 Å². The summed E-state index contributed by atoms with van der Waals surface area (Å²) in [5.41, 5.74) is 0.0500. The molecule has 0 N–H and O–H groups in total. The first kappa shape index (κ1) is 18.3. The van der Waals surface area contributed by atoms with Gasteiger partial charge >= 0.3 is 0 Å². The van der Waals surface area contributed by atoms with Crippen LogP contribution in [0.1, 0.15) is 26.2 Å². The molecule has 0 bridgehead atoms. The summed E-state index contributed by atoms with van der Waals surface area (Å²) in [5.74, 6) is 0.721. The average Bonchev–Trinajstić information content (AvgIpc) is 2.91. The van der Waals surface area contributed by atoms with Gasteiger partial charge in [-0.15, -0.1) is 0 Å². The number of piperidine rings is 1. The van der Waals surface area contributed by atoms with Crippen molar-refractivity contribution < 1.29 is 14.3 Å². The third-order valence-electron chi connectivity index (χ3n) is 5.22. The molecule has 0 aliphatic carbocycles. The van der Waals surface area contributed by atoms with Crippen molar-refractivity contribution in [2.75, 3.05) is 32.8 Å². The molecule has 1 spiro atoms. The molecule has 25 heavy (non-hydrogen) atoms. The number of carbonyl (C=O) groups is 2. The lowest BCUT2D eigenvalue weighted by Crippen LogP contribution is -2.45. The van der Waals surface area contributed by atoms with Crippen LogP contribution in [-0.4, -0.2) is 54.4 Å². The highest BCUT2D eigenvalue weighted by atomic mass is 35.5. The molecule has 0 radical (unpaired) electrons. The van der Waals surface area contributed by atoms with Crippen LogP contribution in [0, 0.1) is 5.41 Å². The van der Waals surface area contributed by atoms with Crippen molar-refractivity contribution in [2.45, 2.75) is 26.2 Å². The van der Waals surface area contributed by atoms with Gasteiger partial charge in [0.05, 0.1) is 10.0 Å². The second-order valence-corrected chi connectivity index (χ2v) is 7.64. The molecule has 7 heteroatoms. The molecule has 136 valence electrons. The van der Waals surface area contributed by atoms with Gasteiger partial charge in [0.15, 0.2) is 6.61 Å². The lowest BCUT2D eigenvalue weighted by Gasteiger charge is -2.38. The van der Waals surface area contributed by atoms with Crippen LogP contribution in [0.3, 0.4) is 0 Å². The molecule has 2 amide bonds. The van der Waals surface area contributed by atoms with E-state index in [1.165, 1.54) is 0 Å². The maximum absolute atomic E-state index is 12.4. The van der Waals surface area contributed by atoms with Crippen LogP contribution in [0.15, 0.2) is 18.2 Å². The second kappa shape index (κ2) is 7.42. The Bertz CT molecular complexity index is 672. The van der Waals surface area contributed by atoms with E-state index in [4.69, 9.17) is 27.9 Å². The van der Waals surface area contributed by atoms with Gasteiger partial charge in [-0.1, -0.05) is 23.2 Å². The van der Waals surface area contributed by atoms with Crippen molar-refractivity contribution in [1.82, 2.24) is 9.80 Å². The number of hydrogen-bond acceptors (Lipinski definition) is 3. The highest BCUT2D eigenvalue weighted by molar-refractivity contribution is 6.42. The van der Waals surface area contributed by atoms with E-state index in [-0.39, 0.29) is 23.8 Å². The highest BCUT2D eigenvalue weighted by Gasteiger charge is 2.44. The summed E-state index contributed by atoms with van der Waals surface area (Å²) in [4.78, 5) is 28.1. The molecule has 3 rings (SSSR count). The van der Waals surface area contributed by atoms with Gasteiger partial charge in [0.25, 0.3) is 5.91 Å². The summed E-state index contributed by atoms with van der Waals surface area (Å²) >= 11 is 11.8. The van der Waals surface area contributed by atoms with Crippen molar-refractivity contribution >= 4 is 35.0 Å². The summed E-state index contributed by atoms with van der Waals surface area (Å²) in [6.45, 7) is 4.93. The first-order valence-electron chi connectivity index (χ1n) is 8.56. The Balaban J connectivity index is 1.50. The summed E-state index contributed by atoms with van der Waals surface area (Å²) in [6, 6.07) is 4.94. The van der Waals surface area contributed by atoms with Crippen LogP contribution in [0.5, 0.6) is 5.75 Å². The smallest absolute Gasteiger partial charge is 0.260 e. The standard InChI is InChI=1S/C18H22Cl2N2O3/c1-2-21-12-18(10-16(21)23)5-7-22(8-6-18)17(24)11-25-13-3-4-14(19)15(20)9-13/h3-4,9H,2,5-8,10-12H2,1H3. The molecule has 2 fully saturated rings. The largest absolute Gasteiger partial charge is 0.484 e. The Morgan fingerprint density at radius 3 is 2.56 bits per heavy atom. The topological polar surface area (TPSA) is 49.9 Å². The van der Waals surface area contributed by atoms with Crippen molar-refractivity contribution in [1.29, 1.82) is 0 Å². The first-order valence-corrected chi connectivity index (χ1v) is 9.31. The second-order valence-electron chi connectivity index (χ2n) is 6.83. The van der Waals surface area contributed by atoms with E-state index in [2.05, 4.69) is 0 Å². The van der Waals surface area contributed by atoms with E-state index in [0.717, 1.165) is 25.9 Å². The number of amides is 2. The zero-order chi connectivity index (χ0) is 18.0. The maximum atomic E-state index is 12.4. The van der Waals surface area contributed by atoms with E-state index in [0.29, 0.717) is 35.3 Å². The minimum atomic E-state index is -0.0439. The summed E-state index contributed by atoms with van der Waals surface area (Å²) in [5, 5.41) is 0.854. The number of likely N-dealkylation sites (tertiary alicyclic amines) is 2. The van der Waals surface area contributed by atoms with Crippen LogP contribution in [0.2, 0.25) is 10.0 Å². The van der Waals surface area contributed by atoms with E-state index in [9.17, 15) is 9.59 Å². The van der Waals surface area contributed by atoms with Crippen LogP contribution in [-0.2, 0) is 9.59 Å². The molecular formula is C18H22Cl2N2O3. The Labute approximate surface area is 157 Å². The fourth-order valence-corrected chi connectivity index (χ4v) is 3.93. The summed E-state index contributed by atoms with van der Waals surface area (Å²) in [7, 11) is 0. The molecule has 2 aliphatic rings. The molecule has 2 aliphatic heterocycles. The van der Waals surface area contributed by atoms with Gasteiger partial charge in [-0.05, 0) is 31.9 Å². The summed E-state index contributed by atoms with van der Waals surface area (Å²) < 4.78 is 5.53. The molecule has 0 aromatic heterocycles.